The summed E-state index contributed by atoms with van der Waals surface area (Å²) in [6.07, 6.45) is 2.13. The zero-order valence-electron chi connectivity index (χ0n) is 14.6. The third-order valence-corrected chi connectivity index (χ3v) is 4.55. The van der Waals surface area contributed by atoms with Crippen molar-refractivity contribution in [2.24, 2.45) is 4.99 Å². The Labute approximate surface area is 158 Å². The van der Waals surface area contributed by atoms with Crippen molar-refractivity contribution in [1.82, 2.24) is 20.4 Å². The first-order valence-electron chi connectivity index (χ1n) is 8.18. The molecule has 0 radical (unpaired) electrons. The number of nitrogens with zero attached hydrogens (tertiary/aromatic N) is 3. The molecule has 0 saturated carbocycles. The Kier molecular flexibility index (Phi) is 13.9. The summed E-state index contributed by atoms with van der Waals surface area (Å²) in [6.45, 7) is 15.3. The highest BCUT2D eigenvalue weighted by atomic mass is 127. The molecule has 0 spiro atoms. The van der Waals surface area contributed by atoms with Crippen molar-refractivity contribution in [2.45, 2.75) is 26.8 Å². The average molecular weight is 443 g/mol. The van der Waals surface area contributed by atoms with Crippen molar-refractivity contribution in [3.63, 3.8) is 0 Å². The lowest BCUT2D eigenvalue weighted by molar-refractivity contribution is 0.109. The number of hydrogen-bond acceptors (Lipinski definition) is 4. The van der Waals surface area contributed by atoms with Crippen LogP contribution in [0.25, 0.3) is 0 Å². The van der Waals surface area contributed by atoms with Crippen LogP contribution in [0.3, 0.4) is 0 Å². The Morgan fingerprint density at radius 1 is 1.18 bits per heavy atom. The molecule has 7 heteroatoms. The van der Waals surface area contributed by atoms with Crippen LogP contribution >= 0.6 is 35.7 Å². The van der Waals surface area contributed by atoms with E-state index in [9.17, 15) is 0 Å². The molecule has 0 aromatic rings. The highest BCUT2D eigenvalue weighted by Crippen LogP contribution is 2.06. The molecule has 1 aliphatic heterocycles. The smallest absolute Gasteiger partial charge is 0.191 e. The van der Waals surface area contributed by atoms with Gasteiger partial charge in [-0.25, -0.2) is 0 Å². The molecule has 1 aliphatic rings. The van der Waals surface area contributed by atoms with Gasteiger partial charge in [-0.05, 0) is 26.6 Å². The second kappa shape index (κ2) is 13.7. The summed E-state index contributed by atoms with van der Waals surface area (Å²) in [6, 6.07) is 0.514. The molecule has 1 unspecified atom stereocenters. The van der Waals surface area contributed by atoms with Crippen LogP contribution in [0.1, 0.15) is 20.8 Å². The van der Waals surface area contributed by atoms with Gasteiger partial charge in [0.2, 0.25) is 0 Å². The number of nitrogens with one attached hydrogen (secondary N) is 2. The number of likely N-dealkylation sites (N-methyl/N-ethyl adjacent to an activating group) is 1. The maximum Gasteiger partial charge on any atom is 0.191 e. The van der Waals surface area contributed by atoms with Crippen LogP contribution < -0.4 is 10.6 Å². The maximum atomic E-state index is 4.73. The predicted octanol–water partition coefficient (Wildman–Crippen LogP) is 1.55. The fourth-order valence-electron chi connectivity index (χ4n) is 2.47. The SMILES string of the molecule is CCNC(=NCC(C)N1CCN(CC)CC1)NCCSC.I. The van der Waals surface area contributed by atoms with Crippen molar-refractivity contribution in [1.29, 1.82) is 0 Å². The van der Waals surface area contributed by atoms with Gasteiger partial charge in [-0.3, -0.25) is 9.89 Å². The molecule has 0 aromatic heterocycles. The van der Waals surface area contributed by atoms with E-state index in [0.29, 0.717) is 6.04 Å². The third kappa shape index (κ3) is 8.79. The molecule has 1 rings (SSSR count). The van der Waals surface area contributed by atoms with Crippen molar-refractivity contribution < 1.29 is 0 Å². The Morgan fingerprint density at radius 3 is 2.41 bits per heavy atom. The third-order valence-electron chi connectivity index (χ3n) is 3.93. The van der Waals surface area contributed by atoms with Gasteiger partial charge < -0.3 is 15.5 Å². The number of piperazine rings is 1. The summed E-state index contributed by atoms with van der Waals surface area (Å²) >= 11 is 1.85. The monoisotopic (exact) mass is 443 g/mol. The van der Waals surface area contributed by atoms with Gasteiger partial charge >= 0.3 is 0 Å². The summed E-state index contributed by atoms with van der Waals surface area (Å²) in [5, 5.41) is 6.71. The Morgan fingerprint density at radius 2 is 1.86 bits per heavy atom. The van der Waals surface area contributed by atoms with Crippen molar-refractivity contribution in [3.05, 3.63) is 0 Å². The van der Waals surface area contributed by atoms with E-state index < -0.39 is 0 Å². The van der Waals surface area contributed by atoms with Gasteiger partial charge in [0.05, 0.1) is 6.54 Å². The molecule has 1 heterocycles. The number of aliphatic imine (C=N–C) groups is 1. The van der Waals surface area contributed by atoms with Gasteiger partial charge in [0.25, 0.3) is 0 Å². The summed E-state index contributed by atoms with van der Waals surface area (Å²) in [5.41, 5.74) is 0. The van der Waals surface area contributed by atoms with Gasteiger partial charge in [0, 0.05) is 51.1 Å². The van der Waals surface area contributed by atoms with E-state index in [1.165, 1.54) is 32.7 Å². The second-order valence-corrected chi connectivity index (χ2v) is 6.44. The first-order valence-corrected chi connectivity index (χ1v) is 9.58. The molecule has 132 valence electrons. The molecule has 1 saturated heterocycles. The lowest BCUT2D eigenvalue weighted by Crippen LogP contribution is -2.50. The van der Waals surface area contributed by atoms with E-state index in [1.54, 1.807) is 0 Å². The van der Waals surface area contributed by atoms with E-state index in [4.69, 9.17) is 4.99 Å². The van der Waals surface area contributed by atoms with E-state index >= 15 is 0 Å². The first kappa shape index (κ1) is 22.3. The van der Waals surface area contributed by atoms with Crippen LogP contribution in [-0.2, 0) is 0 Å². The molecule has 1 fully saturated rings. The van der Waals surface area contributed by atoms with Crippen molar-refractivity contribution in [3.8, 4) is 0 Å². The Bertz CT molecular complexity index is 296. The Hall–Kier alpha value is 0.270. The van der Waals surface area contributed by atoms with E-state index in [1.807, 2.05) is 11.8 Å². The maximum absolute atomic E-state index is 4.73. The van der Waals surface area contributed by atoms with Gasteiger partial charge in [-0.1, -0.05) is 6.92 Å². The molecule has 5 nitrogen and oxygen atoms in total. The molecule has 0 aliphatic carbocycles. The summed E-state index contributed by atoms with van der Waals surface area (Å²) in [4.78, 5) is 9.80. The second-order valence-electron chi connectivity index (χ2n) is 5.46. The first-order chi connectivity index (χ1) is 10.2. The summed E-state index contributed by atoms with van der Waals surface area (Å²) < 4.78 is 0. The number of halogens is 1. The van der Waals surface area contributed by atoms with Crippen molar-refractivity contribution >= 4 is 41.7 Å². The zero-order chi connectivity index (χ0) is 15.5. The molecule has 22 heavy (non-hydrogen) atoms. The molecule has 1 atom stereocenters. The van der Waals surface area contributed by atoms with Crippen LogP contribution in [0.15, 0.2) is 4.99 Å². The standard InChI is InChI=1S/C15H33N5S.HI/c1-5-16-15(17-7-12-21-4)18-13-14(3)20-10-8-19(6-2)9-11-20;/h14H,5-13H2,1-4H3,(H2,16,17,18);1H. The van der Waals surface area contributed by atoms with Gasteiger partial charge in [0.1, 0.15) is 0 Å². The highest BCUT2D eigenvalue weighted by molar-refractivity contribution is 14.0. The Balaban J connectivity index is 0.00000441. The topological polar surface area (TPSA) is 42.9 Å². The predicted molar refractivity (Wildman–Crippen MR) is 111 cm³/mol. The minimum Gasteiger partial charge on any atom is -0.357 e. The number of thioether (sulfide) groups is 1. The normalized spacial score (nSPS) is 18.6. The zero-order valence-corrected chi connectivity index (χ0v) is 17.7. The molecular weight excluding hydrogens is 409 g/mol. The lowest BCUT2D eigenvalue weighted by Gasteiger charge is -2.37. The largest absolute Gasteiger partial charge is 0.357 e. The quantitative estimate of drug-likeness (QED) is 0.258. The number of hydrogen-bond donors (Lipinski definition) is 2. The fraction of sp³-hybridized carbons (Fsp3) is 0.933. The van der Waals surface area contributed by atoms with E-state index in [2.05, 4.69) is 47.5 Å². The molecule has 2 N–H and O–H groups in total. The minimum atomic E-state index is 0. The van der Waals surface area contributed by atoms with Crippen molar-refractivity contribution in [2.75, 3.05) is 64.4 Å². The van der Waals surface area contributed by atoms with E-state index in [0.717, 1.165) is 31.3 Å². The van der Waals surface area contributed by atoms with Crippen LogP contribution in [0, 0.1) is 0 Å². The van der Waals surface area contributed by atoms with Crippen LogP contribution in [0.5, 0.6) is 0 Å². The summed E-state index contributed by atoms with van der Waals surface area (Å²) in [7, 11) is 0. The van der Waals surface area contributed by atoms with Gasteiger partial charge in [-0.15, -0.1) is 24.0 Å². The van der Waals surface area contributed by atoms with Crippen LogP contribution in [-0.4, -0.2) is 86.2 Å². The molecule has 0 aromatic carbocycles. The minimum absolute atomic E-state index is 0. The number of guanidine groups is 1. The lowest BCUT2D eigenvalue weighted by atomic mass is 10.2. The average Bonchev–Trinajstić information content (AvgIpc) is 2.52. The highest BCUT2D eigenvalue weighted by Gasteiger charge is 2.19. The van der Waals surface area contributed by atoms with E-state index in [-0.39, 0.29) is 24.0 Å². The number of rotatable bonds is 8. The van der Waals surface area contributed by atoms with Crippen LogP contribution in [0.2, 0.25) is 0 Å². The van der Waals surface area contributed by atoms with Crippen LogP contribution in [0.4, 0.5) is 0 Å². The summed E-state index contributed by atoms with van der Waals surface area (Å²) in [5.74, 6) is 2.06. The van der Waals surface area contributed by atoms with Gasteiger partial charge in [0.15, 0.2) is 5.96 Å². The molecule has 0 amide bonds. The fourth-order valence-corrected chi connectivity index (χ4v) is 2.78. The molecular formula is C15H34IN5S. The molecule has 0 bridgehead atoms. The van der Waals surface area contributed by atoms with Gasteiger partial charge in [-0.2, -0.15) is 11.8 Å².